The van der Waals surface area contributed by atoms with Crippen molar-refractivity contribution in [3.05, 3.63) is 57.7 Å². The van der Waals surface area contributed by atoms with E-state index in [0.29, 0.717) is 22.8 Å². The van der Waals surface area contributed by atoms with Gasteiger partial charge in [0.2, 0.25) is 15.9 Å². The number of aromatic nitrogens is 2. The van der Waals surface area contributed by atoms with E-state index in [1.165, 1.54) is 42.9 Å². The Morgan fingerprint density at radius 3 is 2.88 bits per heavy atom. The fourth-order valence-corrected chi connectivity index (χ4v) is 6.79. The van der Waals surface area contributed by atoms with Crippen LogP contribution >= 0.6 is 23.1 Å². The van der Waals surface area contributed by atoms with Crippen molar-refractivity contribution in [1.29, 1.82) is 0 Å². The van der Waals surface area contributed by atoms with Crippen LogP contribution in [-0.2, 0) is 34.2 Å². The number of thiophene rings is 1. The summed E-state index contributed by atoms with van der Waals surface area (Å²) < 4.78 is 27.3. The van der Waals surface area contributed by atoms with E-state index in [1.807, 2.05) is 0 Å². The van der Waals surface area contributed by atoms with Crippen LogP contribution < -0.4 is 10.9 Å². The predicted octanol–water partition coefficient (Wildman–Crippen LogP) is 3.11. The lowest BCUT2D eigenvalue weighted by Crippen LogP contribution is -2.24. The summed E-state index contributed by atoms with van der Waals surface area (Å²) in [7, 11) is -0.706. The number of aryl methyl sites for hydroxylation is 2. The van der Waals surface area contributed by atoms with Gasteiger partial charge in [-0.15, -0.1) is 17.9 Å². The van der Waals surface area contributed by atoms with E-state index in [9.17, 15) is 18.0 Å². The average Bonchev–Trinajstić information content (AvgIpc) is 3.35. The molecule has 0 saturated carbocycles. The highest BCUT2D eigenvalue weighted by Gasteiger charge is 2.23. The van der Waals surface area contributed by atoms with E-state index < -0.39 is 10.0 Å². The molecule has 1 N–H and O–H groups in total. The summed E-state index contributed by atoms with van der Waals surface area (Å²) in [5, 5.41) is 3.88. The first-order valence-corrected chi connectivity index (χ1v) is 13.6. The van der Waals surface area contributed by atoms with Crippen LogP contribution in [0.5, 0.6) is 0 Å². The van der Waals surface area contributed by atoms with Crippen LogP contribution in [0.2, 0.25) is 0 Å². The van der Waals surface area contributed by atoms with E-state index >= 15 is 0 Å². The number of hydrogen-bond acceptors (Lipinski definition) is 7. The van der Waals surface area contributed by atoms with Crippen LogP contribution in [0.25, 0.3) is 10.2 Å². The Morgan fingerprint density at radius 2 is 2.15 bits per heavy atom. The number of allylic oxidation sites excluding steroid dienone is 1. The first-order chi connectivity index (χ1) is 15.7. The molecule has 0 fully saturated rings. The van der Waals surface area contributed by atoms with Crippen LogP contribution in [0.4, 0.5) is 5.69 Å². The fraction of sp³-hybridized carbons (Fsp3) is 0.318. The molecule has 1 amide bonds. The number of nitrogens with one attached hydrogen (secondary N) is 1. The summed E-state index contributed by atoms with van der Waals surface area (Å²) in [4.78, 5) is 32.5. The minimum Gasteiger partial charge on any atom is -0.325 e. The molecule has 174 valence electrons. The molecule has 0 aliphatic heterocycles. The molecular formula is C22H24N4O4S3. The summed E-state index contributed by atoms with van der Waals surface area (Å²) in [5.41, 5.74) is 1.40. The minimum atomic E-state index is -3.61. The number of benzene rings is 1. The van der Waals surface area contributed by atoms with Crippen molar-refractivity contribution >= 4 is 54.9 Å². The lowest BCUT2D eigenvalue weighted by atomic mass is 10.2. The van der Waals surface area contributed by atoms with Crippen LogP contribution in [0.1, 0.15) is 16.9 Å². The van der Waals surface area contributed by atoms with Gasteiger partial charge in [-0.2, -0.15) is 0 Å². The maximum absolute atomic E-state index is 13.2. The number of rotatable bonds is 8. The Kier molecular flexibility index (Phi) is 6.76. The Morgan fingerprint density at radius 1 is 1.36 bits per heavy atom. The molecule has 1 aliphatic rings. The standard InChI is InChI=1S/C22H24N4O4S3/c1-4-11-26-21(28)19-16-9-6-10-17(16)32-20(19)24-22(26)31-13-18(27)23-14-7-5-8-15(12-14)33(29,30)25(2)3/h4-5,7-8,12H,1,6,9-11,13H2,2-3H3,(H,23,27). The van der Waals surface area contributed by atoms with Crippen molar-refractivity contribution in [3.8, 4) is 0 Å². The van der Waals surface area contributed by atoms with Gasteiger partial charge in [-0.1, -0.05) is 23.9 Å². The number of amides is 1. The van der Waals surface area contributed by atoms with E-state index in [4.69, 9.17) is 4.98 Å². The van der Waals surface area contributed by atoms with Gasteiger partial charge in [0.15, 0.2) is 5.16 Å². The summed E-state index contributed by atoms with van der Waals surface area (Å²) in [6, 6.07) is 6.10. The van der Waals surface area contributed by atoms with Crippen molar-refractivity contribution in [2.24, 2.45) is 0 Å². The number of sulfonamides is 1. The molecule has 1 aliphatic carbocycles. The van der Waals surface area contributed by atoms with Crippen LogP contribution in [0, 0.1) is 0 Å². The number of nitrogens with zero attached hydrogens (tertiary/aromatic N) is 3. The third-order valence-corrected chi connectivity index (χ3v) is 9.30. The Hall–Kier alpha value is -2.47. The molecule has 0 saturated heterocycles. The fourth-order valence-electron chi connectivity index (χ4n) is 3.73. The van der Waals surface area contributed by atoms with Gasteiger partial charge in [0.05, 0.1) is 16.0 Å². The minimum absolute atomic E-state index is 0.0187. The zero-order chi connectivity index (χ0) is 23.8. The zero-order valence-corrected chi connectivity index (χ0v) is 20.8. The van der Waals surface area contributed by atoms with Gasteiger partial charge >= 0.3 is 0 Å². The lowest BCUT2D eigenvalue weighted by Gasteiger charge is -2.13. The number of thioether (sulfide) groups is 1. The normalized spacial score (nSPS) is 13.4. The summed E-state index contributed by atoms with van der Waals surface area (Å²) in [5.74, 6) is -0.308. The number of hydrogen-bond donors (Lipinski definition) is 1. The number of anilines is 1. The van der Waals surface area contributed by atoms with Crippen molar-refractivity contribution in [1.82, 2.24) is 13.9 Å². The molecule has 0 radical (unpaired) electrons. The number of carbonyl (C=O) groups is 1. The molecule has 0 unspecified atom stereocenters. The SMILES string of the molecule is C=CCn1c(SCC(=O)Nc2cccc(S(=O)(=O)N(C)C)c2)nc2sc3c(c2c1=O)CCC3. The largest absolute Gasteiger partial charge is 0.325 e. The van der Waals surface area contributed by atoms with Crippen molar-refractivity contribution in [2.45, 2.75) is 35.9 Å². The van der Waals surface area contributed by atoms with Gasteiger partial charge in [-0.3, -0.25) is 14.2 Å². The van der Waals surface area contributed by atoms with E-state index in [0.717, 1.165) is 34.0 Å². The topological polar surface area (TPSA) is 101 Å². The molecule has 2 aromatic heterocycles. The highest BCUT2D eigenvalue weighted by Crippen LogP contribution is 2.35. The molecule has 0 spiro atoms. The number of fused-ring (bicyclic) bond motifs is 3. The molecule has 0 bridgehead atoms. The maximum Gasteiger partial charge on any atom is 0.263 e. The summed E-state index contributed by atoms with van der Waals surface area (Å²) >= 11 is 2.73. The van der Waals surface area contributed by atoms with Gasteiger partial charge in [-0.25, -0.2) is 17.7 Å². The highest BCUT2D eigenvalue weighted by molar-refractivity contribution is 7.99. The molecule has 2 heterocycles. The van der Waals surface area contributed by atoms with Crippen molar-refractivity contribution in [2.75, 3.05) is 25.2 Å². The third kappa shape index (κ3) is 4.63. The van der Waals surface area contributed by atoms with Crippen molar-refractivity contribution < 1.29 is 13.2 Å². The van der Waals surface area contributed by atoms with E-state index in [2.05, 4.69) is 11.9 Å². The van der Waals surface area contributed by atoms with Gasteiger partial charge in [0, 0.05) is 31.2 Å². The Bertz CT molecular complexity index is 1410. The van der Waals surface area contributed by atoms with E-state index in [-0.39, 0.29) is 22.1 Å². The molecule has 33 heavy (non-hydrogen) atoms. The molecule has 11 heteroatoms. The molecule has 0 atom stereocenters. The monoisotopic (exact) mass is 504 g/mol. The molecule has 8 nitrogen and oxygen atoms in total. The zero-order valence-electron chi connectivity index (χ0n) is 18.3. The quantitative estimate of drug-likeness (QED) is 0.287. The third-order valence-electron chi connectivity index (χ3n) is 5.33. The van der Waals surface area contributed by atoms with Gasteiger partial charge in [-0.05, 0) is 43.0 Å². The summed E-state index contributed by atoms with van der Waals surface area (Å²) in [6.45, 7) is 4.05. The van der Waals surface area contributed by atoms with E-state index in [1.54, 1.807) is 34.1 Å². The molecular weight excluding hydrogens is 480 g/mol. The Balaban J connectivity index is 1.54. The molecule has 3 aromatic rings. The Labute approximate surface area is 200 Å². The smallest absolute Gasteiger partial charge is 0.263 e. The maximum atomic E-state index is 13.2. The second kappa shape index (κ2) is 9.41. The van der Waals surface area contributed by atoms with Crippen LogP contribution in [0.15, 0.2) is 51.8 Å². The van der Waals surface area contributed by atoms with Crippen LogP contribution in [-0.4, -0.2) is 48.0 Å². The average molecular weight is 505 g/mol. The molecule has 4 rings (SSSR count). The van der Waals surface area contributed by atoms with Gasteiger partial charge < -0.3 is 5.32 Å². The second-order valence-corrected chi connectivity index (χ2v) is 12.0. The number of carbonyl (C=O) groups excluding carboxylic acids is 1. The summed E-state index contributed by atoms with van der Waals surface area (Å²) in [6.07, 6.45) is 4.58. The highest BCUT2D eigenvalue weighted by atomic mass is 32.2. The van der Waals surface area contributed by atoms with Crippen LogP contribution in [0.3, 0.4) is 0 Å². The van der Waals surface area contributed by atoms with Gasteiger partial charge in [0.1, 0.15) is 4.83 Å². The molecule has 1 aromatic carbocycles. The second-order valence-electron chi connectivity index (χ2n) is 7.79. The predicted molar refractivity (Wildman–Crippen MR) is 133 cm³/mol. The first kappa shape index (κ1) is 23.7. The lowest BCUT2D eigenvalue weighted by molar-refractivity contribution is -0.113. The first-order valence-electron chi connectivity index (χ1n) is 10.3. The van der Waals surface area contributed by atoms with Crippen molar-refractivity contribution in [3.63, 3.8) is 0 Å². The van der Waals surface area contributed by atoms with Gasteiger partial charge in [0.25, 0.3) is 5.56 Å².